The fraction of sp³-hybridized carbons (Fsp3) is 0.200. The Kier molecular flexibility index (Phi) is 2.74. The van der Waals surface area contributed by atoms with Crippen LogP contribution in [0.25, 0.3) is 0 Å². The minimum atomic E-state index is -0.550. The van der Waals surface area contributed by atoms with E-state index in [2.05, 4.69) is 17.4 Å². The molecule has 1 N–H and O–H groups in total. The van der Waals surface area contributed by atoms with Crippen LogP contribution in [-0.4, -0.2) is 6.54 Å². The van der Waals surface area contributed by atoms with Gasteiger partial charge < -0.3 is 5.32 Å². The largest absolute Gasteiger partial charge is 0.384 e. The zero-order valence-electron chi connectivity index (χ0n) is 9.79. The van der Waals surface area contributed by atoms with E-state index in [1.165, 1.54) is 23.3 Å². The Bertz CT molecular complexity index is 560. The minimum absolute atomic E-state index is 0.438. The normalized spacial score (nSPS) is 16.9. The predicted molar refractivity (Wildman–Crippen MR) is 67.7 cm³/mol. The van der Waals surface area contributed by atoms with Crippen molar-refractivity contribution in [2.24, 2.45) is 0 Å². The molecule has 0 aromatic heterocycles. The Balaban J connectivity index is 1.66. The molecule has 1 nitrogen and oxygen atoms in total. The van der Waals surface area contributed by atoms with E-state index in [1.54, 1.807) is 0 Å². The van der Waals surface area contributed by atoms with Crippen molar-refractivity contribution in [3.8, 4) is 0 Å². The fourth-order valence-electron chi connectivity index (χ4n) is 2.44. The Morgan fingerprint density at radius 3 is 2.50 bits per heavy atom. The van der Waals surface area contributed by atoms with Crippen molar-refractivity contribution in [3.05, 3.63) is 65.2 Å². The van der Waals surface area contributed by atoms with Gasteiger partial charge in [-0.1, -0.05) is 24.3 Å². The number of benzene rings is 2. The summed E-state index contributed by atoms with van der Waals surface area (Å²) in [5.41, 5.74) is 3.20. The summed E-state index contributed by atoms with van der Waals surface area (Å²) in [4.78, 5) is 0. The van der Waals surface area contributed by atoms with Crippen molar-refractivity contribution in [1.29, 1.82) is 0 Å². The van der Waals surface area contributed by atoms with Crippen LogP contribution in [0.15, 0.2) is 42.5 Å². The van der Waals surface area contributed by atoms with E-state index in [-0.39, 0.29) is 0 Å². The molecule has 3 rings (SSSR count). The highest BCUT2D eigenvalue weighted by molar-refractivity contribution is 5.46. The molecule has 3 heteroatoms. The van der Waals surface area contributed by atoms with Gasteiger partial charge in [-0.25, -0.2) is 8.78 Å². The van der Waals surface area contributed by atoms with Crippen LogP contribution in [0.1, 0.15) is 17.0 Å². The fourth-order valence-corrected chi connectivity index (χ4v) is 2.44. The molecule has 1 unspecified atom stereocenters. The Hall–Kier alpha value is -1.90. The van der Waals surface area contributed by atoms with Gasteiger partial charge in [0.05, 0.1) is 0 Å². The average molecular weight is 245 g/mol. The van der Waals surface area contributed by atoms with Crippen molar-refractivity contribution < 1.29 is 8.78 Å². The second kappa shape index (κ2) is 4.41. The third kappa shape index (κ3) is 2.08. The van der Waals surface area contributed by atoms with E-state index in [1.807, 2.05) is 12.1 Å². The molecule has 0 saturated heterocycles. The molecule has 18 heavy (non-hydrogen) atoms. The van der Waals surface area contributed by atoms with Crippen molar-refractivity contribution >= 4 is 5.69 Å². The van der Waals surface area contributed by atoms with Gasteiger partial charge in [-0.2, -0.15) is 0 Å². The van der Waals surface area contributed by atoms with Gasteiger partial charge in [0.15, 0.2) is 0 Å². The molecule has 92 valence electrons. The van der Waals surface area contributed by atoms with Crippen molar-refractivity contribution in [1.82, 2.24) is 0 Å². The van der Waals surface area contributed by atoms with Gasteiger partial charge >= 0.3 is 0 Å². The van der Waals surface area contributed by atoms with Crippen LogP contribution >= 0.6 is 0 Å². The number of fused-ring (bicyclic) bond motifs is 1. The summed E-state index contributed by atoms with van der Waals surface area (Å²) in [6.45, 7) is 0.708. The first-order valence-electron chi connectivity index (χ1n) is 6.00. The Morgan fingerprint density at radius 1 is 1.06 bits per heavy atom. The lowest BCUT2D eigenvalue weighted by Crippen LogP contribution is -2.24. The van der Waals surface area contributed by atoms with Crippen LogP contribution < -0.4 is 5.32 Å². The van der Waals surface area contributed by atoms with Gasteiger partial charge in [0.25, 0.3) is 0 Å². The highest BCUT2D eigenvalue weighted by Gasteiger charge is 2.24. The van der Waals surface area contributed by atoms with Crippen LogP contribution in [0, 0.1) is 11.6 Å². The number of anilines is 1. The zero-order chi connectivity index (χ0) is 12.5. The zero-order valence-corrected chi connectivity index (χ0v) is 9.79. The summed E-state index contributed by atoms with van der Waals surface area (Å²) in [7, 11) is 0. The predicted octanol–water partition coefficient (Wildman–Crippen LogP) is 3.72. The maximum Gasteiger partial charge on any atom is 0.128 e. The van der Waals surface area contributed by atoms with Gasteiger partial charge in [-0.05, 0) is 29.7 Å². The molecule has 0 aliphatic heterocycles. The third-order valence-corrected chi connectivity index (χ3v) is 3.38. The molecule has 1 aliphatic rings. The highest BCUT2D eigenvalue weighted by Crippen LogP contribution is 2.34. The molecular formula is C15H13F2N. The highest BCUT2D eigenvalue weighted by atomic mass is 19.1. The van der Waals surface area contributed by atoms with E-state index in [9.17, 15) is 8.78 Å². The van der Waals surface area contributed by atoms with Crippen LogP contribution in [0.4, 0.5) is 14.5 Å². The van der Waals surface area contributed by atoms with E-state index < -0.39 is 11.6 Å². The quantitative estimate of drug-likeness (QED) is 0.869. The molecule has 2 aromatic carbocycles. The van der Waals surface area contributed by atoms with Crippen molar-refractivity contribution in [2.75, 3.05) is 11.9 Å². The SMILES string of the molecule is Fc1cc(F)cc(NCC2Cc3ccccc32)c1. The number of nitrogens with one attached hydrogen (secondary N) is 1. The first kappa shape index (κ1) is 11.2. The first-order valence-corrected chi connectivity index (χ1v) is 6.00. The monoisotopic (exact) mass is 245 g/mol. The van der Waals surface area contributed by atoms with Crippen LogP contribution in [-0.2, 0) is 6.42 Å². The first-order chi connectivity index (χ1) is 8.72. The standard InChI is InChI=1S/C15H13F2N/c16-12-6-13(17)8-14(7-12)18-9-11-5-10-3-1-2-4-15(10)11/h1-4,6-8,11,18H,5,9H2. The van der Waals surface area contributed by atoms with E-state index in [0.29, 0.717) is 18.2 Å². The summed E-state index contributed by atoms with van der Waals surface area (Å²) in [5.74, 6) is -0.662. The van der Waals surface area contributed by atoms with Gasteiger partial charge in [0.1, 0.15) is 11.6 Å². The number of halogens is 2. The van der Waals surface area contributed by atoms with Gasteiger partial charge in [0, 0.05) is 24.2 Å². The van der Waals surface area contributed by atoms with Crippen molar-refractivity contribution in [3.63, 3.8) is 0 Å². The van der Waals surface area contributed by atoms with E-state index in [0.717, 1.165) is 12.5 Å². The number of hydrogen-bond acceptors (Lipinski definition) is 1. The van der Waals surface area contributed by atoms with E-state index in [4.69, 9.17) is 0 Å². The number of hydrogen-bond donors (Lipinski definition) is 1. The van der Waals surface area contributed by atoms with Crippen molar-refractivity contribution in [2.45, 2.75) is 12.3 Å². The Morgan fingerprint density at radius 2 is 1.78 bits per heavy atom. The van der Waals surface area contributed by atoms with Gasteiger partial charge in [0.2, 0.25) is 0 Å². The Labute approximate surface area is 104 Å². The summed E-state index contributed by atoms with van der Waals surface area (Å²) in [6.07, 6.45) is 1.03. The van der Waals surface area contributed by atoms with Gasteiger partial charge in [-0.3, -0.25) is 0 Å². The molecule has 1 aliphatic carbocycles. The third-order valence-electron chi connectivity index (χ3n) is 3.38. The molecule has 0 fully saturated rings. The number of rotatable bonds is 3. The molecule has 0 bridgehead atoms. The molecule has 1 atom stereocenters. The topological polar surface area (TPSA) is 12.0 Å². The summed E-state index contributed by atoms with van der Waals surface area (Å²) >= 11 is 0. The molecule has 0 heterocycles. The van der Waals surface area contributed by atoms with Gasteiger partial charge in [-0.15, -0.1) is 0 Å². The molecule has 0 saturated carbocycles. The smallest absolute Gasteiger partial charge is 0.128 e. The van der Waals surface area contributed by atoms with Crippen LogP contribution in [0.3, 0.4) is 0 Å². The van der Waals surface area contributed by atoms with Crippen LogP contribution in [0.5, 0.6) is 0 Å². The molecular weight excluding hydrogens is 232 g/mol. The summed E-state index contributed by atoms with van der Waals surface area (Å²) < 4.78 is 26.0. The second-order valence-electron chi connectivity index (χ2n) is 4.64. The molecule has 0 spiro atoms. The lowest BCUT2D eigenvalue weighted by atomic mass is 9.77. The molecule has 0 radical (unpaired) electrons. The van der Waals surface area contributed by atoms with Crippen LogP contribution in [0.2, 0.25) is 0 Å². The lowest BCUT2D eigenvalue weighted by Gasteiger charge is -2.30. The summed E-state index contributed by atoms with van der Waals surface area (Å²) in [6, 6.07) is 11.8. The maximum atomic E-state index is 13.0. The maximum absolute atomic E-state index is 13.0. The molecule has 2 aromatic rings. The second-order valence-corrected chi connectivity index (χ2v) is 4.64. The average Bonchev–Trinajstić information content (AvgIpc) is 2.29. The lowest BCUT2D eigenvalue weighted by molar-refractivity contribution is 0.583. The molecule has 0 amide bonds. The summed E-state index contributed by atoms with van der Waals surface area (Å²) in [5, 5.41) is 3.09. The van der Waals surface area contributed by atoms with E-state index >= 15 is 0 Å². The minimum Gasteiger partial charge on any atom is -0.384 e.